The Labute approximate surface area is 113 Å². The summed E-state index contributed by atoms with van der Waals surface area (Å²) in [5, 5.41) is 9.93. The van der Waals surface area contributed by atoms with E-state index in [0.29, 0.717) is 6.04 Å². The molecule has 0 spiro atoms. The first kappa shape index (κ1) is 13.3. The Morgan fingerprint density at radius 2 is 2.22 bits per heavy atom. The number of guanidine groups is 1. The topological polar surface area (TPSA) is 49.3 Å². The zero-order valence-corrected chi connectivity index (χ0v) is 12.4. The van der Waals surface area contributed by atoms with Gasteiger partial charge in [-0.3, -0.25) is 4.99 Å². The van der Waals surface area contributed by atoms with Crippen LogP contribution in [0.5, 0.6) is 0 Å². The Morgan fingerprint density at radius 1 is 1.50 bits per heavy atom. The van der Waals surface area contributed by atoms with Gasteiger partial charge in [0.2, 0.25) is 0 Å². The molecule has 0 bridgehead atoms. The van der Waals surface area contributed by atoms with Gasteiger partial charge in [-0.15, -0.1) is 11.3 Å². The molecule has 100 valence electrons. The molecular weight excluding hydrogens is 244 g/mol. The van der Waals surface area contributed by atoms with Gasteiger partial charge in [0.25, 0.3) is 0 Å². The maximum absolute atomic E-state index is 4.66. The lowest BCUT2D eigenvalue weighted by Crippen LogP contribution is -2.38. The van der Waals surface area contributed by atoms with E-state index in [1.54, 1.807) is 18.4 Å². The van der Waals surface area contributed by atoms with Crippen LogP contribution >= 0.6 is 11.3 Å². The fourth-order valence-corrected chi connectivity index (χ4v) is 2.47. The highest BCUT2D eigenvalue weighted by molar-refractivity contribution is 7.09. The van der Waals surface area contributed by atoms with Crippen molar-refractivity contribution in [3.05, 3.63) is 16.1 Å². The van der Waals surface area contributed by atoms with Crippen molar-refractivity contribution in [1.82, 2.24) is 15.6 Å². The molecular formula is C13H22N4S. The van der Waals surface area contributed by atoms with Crippen molar-refractivity contribution in [3.63, 3.8) is 0 Å². The summed E-state index contributed by atoms with van der Waals surface area (Å²) in [6, 6.07) is 0.623. The first-order valence-electron chi connectivity index (χ1n) is 6.41. The van der Waals surface area contributed by atoms with Gasteiger partial charge < -0.3 is 10.6 Å². The molecule has 1 aromatic rings. The molecule has 0 radical (unpaired) electrons. The van der Waals surface area contributed by atoms with Crippen LogP contribution in [0, 0.1) is 0 Å². The van der Waals surface area contributed by atoms with Gasteiger partial charge in [-0.05, 0) is 12.8 Å². The Bertz CT molecular complexity index is 426. The van der Waals surface area contributed by atoms with E-state index in [2.05, 4.69) is 46.8 Å². The van der Waals surface area contributed by atoms with E-state index in [4.69, 9.17) is 0 Å². The number of nitrogens with zero attached hydrogens (tertiary/aromatic N) is 2. The number of hydrogen-bond donors (Lipinski definition) is 2. The third-order valence-corrected chi connectivity index (χ3v) is 3.72. The molecule has 0 unspecified atom stereocenters. The predicted octanol–water partition coefficient (Wildman–Crippen LogP) is 2.27. The number of nitrogens with one attached hydrogen (secondary N) is 2. The average Bonchev–Trinajstić information content (AvgIpc) is 2.97. The van der Waals surface area contributed by atoms with E-state index in [1.165, 1.54) is 12.8 Å². The van der Waals surface area contributed by atoms with E-state index in [-0.39, 0.29) is 5.41 Å². The second kappa shape index (κ2) is 5.26. The van der Waals surface area contributed by atoms with Crippen LogP contribution in [0.4, 0.5) is 0 Å². The number of thiazole rings is 1. The molecule has 1 heterocycles. The molecule has 1 fully saturated rings. The molecule has 18 heavy (non-hydrogen) atoms. The maximum atomic E-state index is 4.66. The summed E-state index contributed by atoms with van der Waals surface area (Å²) in [7, 11) is 1.81. The molecule has 0 aliphatic heterocycles. The number of hydrogen-bond acceptors (Lipinski definition) is 3. The zero-order chi connectivity index (χ0) is 13.2. The Kier molecular flexibility index (Phi) is 3.90. The maximum Gasteiger partial charge on any atom is 0.191 e. The van der Waals surface area contributed by atoms with Crippen LogP contribution in [0.15, 0.2) is 10.4 Å². The summed E-state index contributed by atoms with van der Waals surface area (Å²) >= 11 is 1.71. The lowest BCUT2D eigenvalue weighted by Gasteiger charge is -2.14. The van der Waals surface area contributed by atoms with Crippen LogP contribution < -0.4 is 10.6 Å². The molecule has 1 saturated carbocycles. The molecule has 1 aliphatic carbocycles. The summed E-state index contributed by atoms with van der Waals surface area (Å²) < 4.78 is 0. The van der Waals surface area contributed by atoms with Gasteiger partial charge in [-0.2, -0.15) is 0 Å². The van der Waals surface area contributed by atoms with E-state index in [0.717, 1.165) is 23.2 Å². The highest BCUT2D eigenvalue weighted by Gasteiger charge is 2.22. The van der Waals surface area contributed by atoms with Crippen molar-refractivity contribution >= 4 is 17.3 Å². The molecule has 0 amide bonds. The summed E-state index contributed by atoms with van der Waals surface area (Å²) in [4.78, 5) is 8.87. The normalized spacial score (nSPS) is 16.8. The van der Waals surface area contributed by atoms with Crippen LogP contribution in [0.25, 0.3) is 0 Å². The van der Waals surface area contributed by atoms with Gasteiger partial charge in [-0.1, -0.05) is 20.8 Å². The van der Waals surface area contributed by atoms with Crippen molar-refractivity contribution in [2.24, 2.45) is 4.99 Å². The monoisotopic (exact) mass is 266 g/mol. The van der Waals surface area contributed by atoms with Crippen molar-refractivity contribution in [2.75, 3.05) is 7.05 Å². The largest absolute Gasteiger partial charge is 0.354 e. The average molecular weight is 266 g/mol. The number of aromatic nitrogens is 1. The van der Waals surface area contributed by atoms with Crippen LogP contribution in [0.2, 0.25) is 0 Å². The van der Waals surface area contributed by atoms with Gasteiger partial charge in [0.1, 0.15) is 5.01 Å². The van der Waals surface area contributed by atoms with Gasteiger partial charge >= 0.3 is 0 Å². The highest BCUT2D eigenvalue weighted by Crippen LogP contribution is 2.23. The predicted molar refractivity (Wildman–Crippen MR) is 77.2 cm³/mol. The van der Waals surface area contributed by atoms with Gasteiger partial charge in [0.15, 0.2) is 5.96 Å². The van der Waals surface area contributed by atoms with Crippen molar-refractivity contribution in [2.45, 2.75) is 51.6 Å². The van der Waals surface area contributed by atoms with Gasteiger partial charge in [0, 0.05) is 23.9 Å². The minimum Gasteiger partial charge on any atom is -0.354 e. The number of rotatable bonds is 3. The fraction of sp³-hybridized carbons (Fsp3) is 0.692. The first-order chi connectivity index (χ1) is 8.49. The van der Waals surface area contributed by atoms with Gasteiger partial charge in [0.05, 0.1) is 12.2 Å². The second-order valence-corrected chi connectivity index (χ2v) is 6.66. The molecule has 2 rings (SSSR count). The lowest BCUT2D eigenvalue weighted by atomic mass is 9.93. The van der Waals surface area contributed by atoms with E-state index in [1.807, 2.05) is 0 Å². The standard InChI is InChI=1S/C13H22N4S/c1-13(2,3)10-8-18-11(17-10)7-15-12(14-4)16-9-5-6-9/h8-9H,5-7H2,1-4H3,(H2,14,15,16). The summed E-state index contributed by atoms with van der Waals surface area (Å²) in [6.07, 6.45) is 2.51. The molecule has 1 aromatic heterocycles. The molecule has 4 nitrogen and oxygen atoms in total. The van der Waals surface area contributed by atoms with E-state index >= 15 is 0 Å². The van der Waals surface area contributed by atoms with Gasteiger partial charge in [-0.25, -0.2) is 4.98 Å². The zero-order valence-electron chi connectivity index (χ0n) is 11.6. The minimum atomic E-state index is 0.128. The van der Waals surface area contributed by atoms with Crippen molar-refractivity contribution < 1.29 is 0 Å². The highest BCUT2D eigenvalue weighted by atomic mass is 32.1. The van der Waals surface area contributed by atoms with E-state index in [9.17, 15) is 0 Å². The minimum absolute atomic E-state index is 0.128. The van der Waals surface area contributed by atoms with Crippen molar-refractivity contribution in [1.29, 1.82) is 0 Å². The third kappa shape index (κ3) is 3.70. The van der Waals surface area contributed by atoms with Crippen LogP contribution in [0.1, 0.15) is 44.3 Å². The van der Waals surface area contributed by atoms with E-state index < -0.39 is 0 Å². The van der Waals surface area contributed by atoms with Crippen LogP contribution in [-0.4, -0.2) is 24.0 Å². The van der Waals surface area contributed by atoms with Crippen LogP contribution in [-0.2, 0) is 12.0 Å². The Balaban J connectivity index is 1.87. The van der Waals surface area contributed by atoms with Crippen molar-refractivity contribution in [3.8, 4) is 0 Å². The molecule has 0 aromatic carbocycles. The molecule has 5 heteroatoms. The third-order valence-electron chi connectivity index (χ3n) is 2.87. The first-order valence-corrected chi connectivity index (χ1v) is 7.29. The lowest BCUT2D eigenvalue weighted by molar-refractivity contribution is 0.570. The molecule has 2 N–H and O–H groups in total. The Morgan fingerprint density at radius 3 is 2.72 bits per heavy atom. The quantitative estimate of drug-likeness (QED) is 0.652. The molecule has 0 atom stereocenters. The summed E-state index contributed by atoms with van der Waals surface area (Å²) in [6.45, 7) is 7.31. The molecule has 1 aliphatic rings. The second-order valence-electron chi connectivity index (χ2n) is 5.72. The SMILES string of the molecule is CN=C(NCc1nc(C(C)(C)C)cs1)NC1CC1. The fourth-order valence-electron chi connectivity index (χ4n) is 1.51. The smallest absolute Gasteiger partial charge is 0.191 e. The number of aliphatic imine (C=N–C) groups is 1. The summed E-state index contributed by atoms with van der Waals surface area (Å²) in [5.74, 6) is 0.880. The molecule has 0 saturated heterocycles. The van der Waals surface area contributed by atoms with Crippen LogP contribution in [0.3, 0.4) is 0 Å². The summed E-state index contributed by atoms with van der Waals surface area (Å²) in [5.41, 5.74) is 1.29. The Hall–Kier alpha value is -1.10.